The predicted octanol–water partition coefficient (Wildman–Crippen LogP) is 6.51. The second kappa shape index (κ2) is 12.1. The number of imidazole rings is 1. The minimum atomic E-state index is -4.63. The average Bonchev–Trinajstić information content (AvgIpc) is 3.17. The molecular formula is C26H28Cl2F6N6O. The third-order valence-electron chi connectivity index (χ3n) is 6.93. The van der Waals surface area contributed by atoms with Crippen molar-refractivity contribution in [2.24, 2.45) is 13.0 Å². The largest absolute Gasteiger partial charge is 0.401 e. The molecule has 1 aliphatic heterocycles. The number of nitrogens with one attached hydrogen (secondary N) is 2. The van der Waals surface area contributed by atoms with E-state index >= 15 is 0 Å². The van der Waals surface area contributed by atoms with Gasteiger partial charge < -0.3 is 20.1 Å². The number of fused-ring (bicyclic) bond motifs is 1. The molecule has 224 valence electrons. The second-order valence-electron chi connectivity index (χ2n) is 9.82. The number of piperazine rings is 1. The van der Waals surface area contributed by atoms with E-state index in [9.17, 15) is 31.1 Å². The molecule has 41 heavy (non-hydrogen) atoms. The molecule has 0 radical (unpaired) electrons. The Labute approximate surface area is 242 Å². The molecule has 1 atom stereocenters. The van der Waals surface area contributed by atoms with Crippen LogP contribution in [0.25, 0.3) is 11.0 Å². The fourth-order valence-corrected chi connectivity index (χ4v) is 5.17. The fraction of sp³-hybridized carbons (Fsp3) is 0.462. The van der Waals surface area contributed by atoms with Gasteiger partial charge in [-0.2, -0.15) is 26.3 Å². The zero-order valence-corrected chi connectivity index (χ0v) is 23.6. The summed E-state index contributed by atoms with van der Waals surface area (Å²) in [6.45, 7) is 1.47. The minimum Gasteiger partial charge on any atom is -0.368 e. The number of nitrogens with zero attached hydrogens (tertiary/aromatic N) is 4. The molecule has 0 bridgehead atoms. The highest BCUT2D eigenvalue weighted by Gasteiger charge is 2.43. The monoisotopic (exact) mass is 624 g/mol. The normalized spacial score (nSPS) is 15.8. The third kappa shape index (κ3) is 7.49. The Morgan fingerprint density at radius 2 is 1.71 bits per heavy atom. The van der Waals surface area contributed by atoms with Gasteiger partial charge in [-0.25, -0.2) is 4.98 Å². The summed E-state index contributed by atoms with van der Waals surface area (Å²) in [5.41, 5.74) is 2.90. The van der Waals surface area contributed by atoms with Gasteiger partial charge in [-0.05, 0) is 36.2 Å². The van der Waals surface area contributed by atoms with Gasteiger partial charge in [-0.1, -0.05) is 36.2 Å². The first-order valence-electron chi connectivity index (χ1n) is 12.8. The van der Waals surface area contributed by atoms with Gasteiger partial charge in [-0.15, -0.1) is 0 Å². The quantitative estimate of drug-likeness (QED) is 0.280. The second-order valence-corrected chi connectivity index (χ2v) is 10.6. The van der Waals surface area contributed by atoms with E-state index in [0.29, 0.717) is 57.1 Å². The lowest BCUT2D eigenvalue weighted by Crippen LogP contribution is -2.49. The van der Waals surface area contributed by atoms with Gasteiger partial charge in [0.1, 0.15) is 5.92 Å². The van der Waals surface area contributed by atoms with Gasteiger partial charge >= 0.3 is 12.4 Å². The molecule has 3 aromatic rings. The maximum atomic E-state index is 13.1. The molecule has 7 nitrogen and oxygen atoms in total. The maximum absolute atomic E-state index is 13.1. The number of rotatable bonds is 8. The lowest BCUT2D eigenvalue weighted by Gasteiger charge is -2.36. The summed E-state index contributed by atoms with van der Waals surface area (Å²) < 4.78 is 79.2. The highest BCUT2D eigenvalue weighted by molar-refractivity contribution is 6.34. The van der Waals surface area contributed by atoms with Crippen LogP contribution in [0.15, 0.2) is 30.3 Å². The van der Waals surface area contributed by atoms with E-state index in [-0.39, 0.29) is 26.1 Å². The highest BCUT2D eigenvalue weighted by Crippen LogP contribution is 2.35. The zero-order chi connectivity index (χ0) is 30.1. The Morgan fingerprint density at radius 1 is 1.02 bits per heavy atom. The summed E-state index contributed by atoms with van der Waals surface area (Å²) in [4.78, 5) is 19.9. The van der Waals surface area contributed by atoms with Crippen LogP contribution in [0.2, 0.25) is 10.0 Å². The molecule has 1 fully saturated rings. The van der Waals surface area contributed by atoms with Crippen LogP contribution in [0, 0.1) is 5.92 Å². The van der Waals surface area contributed by atoms with Gasteiger partial charge in [0.25, 0.3) is 0 Å². The zero-order valence-electron chi connectivity index (χ0n) is 22.1. The molecule has 1 aromatic heterocycles. The molecule has 4 rings (SSSR count). The molecule has 2 N–H and O–H groups in total. The summed E-state index contributed by atoms with van der Waals surface area (Å²) in [5, 5.41) is 6.18. The van der Waals surface area contributed by atoms with Crippen molar-refractivity contribution in [3.63, 3.8) is 0 Å². The van der Waals surface area contributed by atoms with Crippen LogP contribution in [0.1, 0.15) is 18.9 Å². The lowest BCUT2D eigenvalue weighted by molar-refractivity contribution is -0.183. The number of halogens is 8. The van der Waals surface area contributed by atoms with Crippen molar-refractivity contribution in [2.75, 3.05) is 42.9 Å². The van der Waals surface area contributed by atoms with Crippen LogP contribution in [-0.4, -0.2) is 65.4 Å². The molecule has 1 saturated heterocycles. The van der Waals surface area contributed by atoms with Crippen LogP contribution in [0.5, 0.6) is 0 Å². The molecule has 0 saturated carbocycles. The summed E-state index contributed by atoms with van der Waals surface area (Å²) in [6, 6.07) is 8.26. The standard InChI is InChI=1S/C26H28Cl2F6N6O/c1-3-16(26(32,33)34)23(41)35-13-15-4-5-17(27)19(10-15)36-24-37-20-11-18(28)21(12-22(20)38(24)2)40-8-6-39(7-9-40)14-25(29,30)31/h4-5,10-12,16H,3,6-9,13-14H2,1-2H3,(H,35,41)(H,36,37). The van der Waals surface area contributed by atoms with Gasteiger partial charge in [0.05, 0.1) is 39.0 Å². The SMILES string of the molecule is CCC(C(=O)NCc1ccc(Cl)c(Nc2nc3cc(Cl)c(N4CCN(CC(F)(F)F)CC4)cc3n2C)c1)C(F)(F)F. The Morgan fingerprint density at radius 3 is 2.32 bits per heavy atom. The van der Waals surface area contributed by atoms with Crippen molar-refractivity contribution in [3.8, 4) is 0 Å². The van der Waals surface area contributed by atoms with E-state index in [1.807, 2.05) is 11.0 Å². The molecule has 2 aromatic carbocycles. The summed E-state index contributed by atoms with van der Waals surface area (Å²) in [7, 11) is 1.76. The number of hydrogen-bond acceptors (Lipinski definition) is 5. The average molecular weight is 625 g/mol. The lowest BCUT2D eigenvalue weighted by atomic mass is 10.1. The number of benzene rings is 2. The van der Waals surface area contributed by atoms with Crippen LogP contribution in [-0.2, 0) is 18.4 Å². The summed E-state index contributed by atoms with van der Waals surface area (Å²) in [5.74, 6) is -2.79. The fourth-order valence-electron chi connectivity index (χ4n) is 4.73. The van der Waals surface area contributed by atoms with Crippen LogP contribution in [0.4, 0.5) is 43.7 Å². The smallest absolute Gasteiger partial charge is 0.368 e. The molecule has 1 aliphatic rings. The molecule has 0 aliphatic carbocycles. The maximum Gasteiger partial charge on any atom is 0.401 e. The third-order valence-corrected chi connectivity index (χ3v) is 7.56. The van der Waals surface area contributed by atoms with E-state index in [2.05, 4.69) is 15.6 Å². The number of anilines is 3. The van der Waals surface area contributed by atoms with Crippen molar-refractivity contribution < 1.29 is 31.1 Å². The predicted molar refractivity (Wildman–Crippen MR) is 147 cm³/mol. The molecule has 0 spiro atoms. The van der Waals surface area contributed by atoms with Crippen molar-refractivity contribution in [1.29, 1.82) is 0 Å². The van der Waals surface area contributed by atoms with Crippen LogP contribution in [0.3, 0.4) is 0 Å². The Balaban J connectivity index is 1.49. The highest BCUT2D eigenvalue weighted by atomic mass is 35.5. The topological polar surface area (TPSA) is 65.4 Å². The summed E-state index contributed by atoms with van der Waals surface area (Å²) in [6.07, 6.45) is -9.25. The first kappa shape index (κ1) is 31.0. The first-order valence-corrected chi connectivity index (χ1v) is 13.5. The van der Waals surface area contributed by atoms with Gasteiger partial charge in [-0.3, -0.25) is 9.69 Å². The molecular weight excluding hydrogens is 597 g/mol. The molecule has 1 amide bonds. The number of amides is 1. The Hall–Kier alpha value is -2.90. The van der Waals surface area contributed by atoms with E-state index in [1.165, 1.54) is 11.8 Å². The Kier molecular flexibility index (Phi) is 9.19. The van der Waals surface area contributed by atoms with E-state index in [1.54, 1.807) is 35.9 Å². The van der Waals surface area contributed by atoms with Crippen molar-refractivity contribution in [3.05, 3.63) is 45.9 Å². The number of carbonyl (C=O) groups is 1. The number of aryl methyl sites for hydroxylation is 1. The van der Waals surface area contributed by atoms with Crippen molar-refractivity contribution >= 4 is 57.5 Å². The Bertz CT molecular complexity index is 1400. The van der Waals surface area contributed by atoms with Gasteiger partial charge in [0.2, 0.25) is 11.9 Å². The number of carbonyl (C=O) groups excluding carboxylic acids is 1. The van der Waals surface area contributed by atoms with E-state index in [4.69, 9.17) is 23.2 Å². The van der Waals surface area contributed by atoms with E-state index in [0.717, 1.165) is 0 Å². The first-order chi connectivity index (χ1) is 19.2. The summed E-state index contributed by atoms with van der Waals surface area (Å²) >= 11 is 12.9. The minimum absolute atomic E-state index is 0.130. The molecule has 15 heteroatoms. The molecule has 1 unspecified atom stereocenters. The van der Waals surface area contributed by atoms with Gasteiger partial charge in [0.15, 0.2) is 0 Å². The van der Waals surface area contributed by atoms with Crippen LogP contribution < -0.4 is 15.5 Å². The van der Waals surface area contributed by atoms with Crippen LogP contribution >= 0.6 is 23.2 Å². The number of alkyl halides is 6. The van der Waals surface area contributed by atoms with Gasteiger partial charge in [0, 0.05) is 39.8 Å². The number of hydrogen-bond donors (Lipinski definition) is 2. The van der Waals surface area contributed by atoms with E-state index < -0.39 is 30.7 Å². The van der Waals surface area contributed by atoms with Crippen molar-refractivity contribution in [1.82, 2.24) is 19.8 Å². The van der Waals surface area contributed by atoms with Crippen molar-refractivity contribution in [2.45, 2.75) is 32.2 Å². The number of aromatic nitrogens is 2. The molecule has 2 heterocycles.